The van der Waals surface area contributed by atoms with E-state index in [9.17, 15) is 4.79 Å². The zero-order valence-corrected chi connectivity index (χ0v) is 13.3. The van der Waals surface area contributed by atoms with Crippen LogP contribution < -0.4 is 11.1 Å². The monoisotopic (exact) mass is 298 g/mol. The van der Waals surface area contributed by atoms with Gasteiger partial charge in [0.15, 0.2) is 0 Å². The van der Waals surface area contributed by atoms with Crippen LogP contribution in [0.5, 0.6) is 0 Å². The Hall–Kier alpha value is -1.26. The zero-order chi connectivity index (χ0) is 15.3. The highest BCUT2D eigenvalue weighted by molar-refractivity contribution is 6.31. The van der Waals surface area contributed by atoms with Crippen molar-refractivity contribution in [3.63, 3.8) is 0 Å². The Balaban J connectivity index is 2.44. The molecule has 20 heavy (non-hydrogen) atoms. The first-order valence-electron chi connectivity index (χ1n) is 6.65. The van der Waals surface area contributed by atoms with Gasteiger partial charge in [-0.15, -0.1) is 0 Å². The van der Waals surface area contributed by atoms with Crippen molar-refractivity contribution in [1.29, 1.82) is 0 Å². The molecule has 1 unspecified atom stereocenters. The fraction of sp³-hybridized carbons (Fsp3) is 0.533. The molecule has 0 saturated heterocycles. The molecule has 0 aromatic heterocycles. The SMILES string of the molecule is Cc1ccc(CC(N)CNC(=O)OC(C)(C)C)c(Cl)c1. The van der Waals surface area contributed by atoms with Crippen molar-refractivity contribution in [1.82, 2.24) is 5.32 Å². The number of rotatable bonds is 4. The van der Waals surface area contributed by atoms with Crippen molar-refractivity contribution in [3.05, 3.63) is 34.3 Å². The number of nitrogens with one attached hydrogen (secondary N) is 1. The summed E-state index contributed by atoms with van der Waals surface area (Å²) in [6.45, 7) is 7.79. The number of nitrogens with two attached hydrogens (primary N) is 1. The molecule has 0 aliphatic heterocycles. The fourth-order valence-corrected chi connectivity index (χ4v) is 2.01. The van der Waals surface area contributed by atoms with Crippen molar-refractivity contribution >= 4 is 17.7 Å². The molecule has 0 bridgehead atoms. The summed E-state index contributed by atoms with van der Waals surface area (Å²) in [5, 5.41) is 3.37. The average molecular weight is 299 g/mol. The number of hydrogen-bond donors (Lipinski definition) is 2. The molecule has 1 atom stereocenters. The Morgan fingerprint density at radius 2 is 2.10 bits per heavy atom. The number of alkyl carbamates (subject to hydrolysis) is 1. The first-order chi connectivity index (χ1) is 9.17. The summed E-state index contributed by atoms with van der Waals surface area (Å²) in [5.41, 5.74) is 7.58. The lowest BCUT2D eigenvalue weighted by Gasteiger charge is -2.21. The summed E-state index contributed by atoms with van der Waals surface area (Å²) in [7, 11) is 0. The Bertz CT molecular complexity index is 469. The predicted molar refractivity (Wildman–Crippen MR) is 82.1 cm³/mol. The molecule has 112 valence electrons. The van der Waals surface area contributed by atoms with Gasteiger partial charge in [0.1, 0.15) is 5.60 Å². The van der Waals surface area contributed by atoms with E-state index in [0.717, 1.165) is 11.1 Å². The number of halogens is 1. The fourth-order valence-electron chi connectivity index (χ4n) is 1.70. The van der Waals surface area contributed by atoms with Crippen LogP contribution in [0.15, 0.2) is 18.2 Å². The Morgan fingerprint density at radius 1 is 1.45 bits per heavy atom. The number of amides is 1. The number of benzene rings is 1. The van der Waals surface area contributed by atoms with Crippen LogP contribution in [0.2, 0.25) is 5.02 Å². The van der Waals surface area contributed by atoms with Gasteiger partial charge in [0.05, 0.1) is 0 Å². The van der Waals surface area contributed by atoms with E-state index in [0.29, 0.717) is 18.0 Å². The first kappa shape index (κ1) is 16.8. The minimum absolute atomic E-state index is 0.206. The van der Waals surface area contributed by atoms with E-state index in [2.05, 4.69) is 5.32 Å². The summed E-state index contributed by atoms with van der Waals surface area (Å²) < 4.78 is 5.15. The normalized spacial score (nSPS) is 12.9. The van der Waals surface area contributed by atoms with Crippen LogP contribution in [0, 0.1) is 6.92 Å². The molecule has 0 saturated carbocycles. The van der Waals surface area contributed by atoms with E-state index in [-0.39, 0.29) is 6.04 Å². The van der Waals surface area contributed by atoms with Crippen LogP contribution >= 0.6 is 11.6 Å². The summed E-state index contributed by atoms with van der Waals surface area (Å²) >= 11 is 6.16. The van der Waals surface area contributed by atoms with E-state index in [1.54, 1.807) is 0 Å². The summed E-state index contributed by atoms with van der Waals surface area (Å²) in [6.07, 6.45) is 0.150. The Kier molecular flexibility index (Phi) is 5.84. The highest BCUT2D eigenvalue weighted by Crippen LogP contribution is 2.18. The lowest BCUT2D eigenvalue weighted by atomic mass is 10.0. The summed E-state index contributed by atoms with van der Waals surface area (Å²) in [5.74, 6) is 0. The van der Waals surface area contributed by atoms with Crippen LogP contribution in [-0.4, -0.2) is 24.3 Å². The topological polar surface area (TPSA) is 64.3 Å². The lowest BCUT2D eigenvalue weighted by molar-refractivity contribution is 0.0524. The van der Waals surface area contributed by atoms with Gasteiger partial charge in [0.25, 0.3) is 0 Å². The van der Waals surface area contributed by atoms with Gasteiger partial charge in [-0.3, -0.25) is 0 Å². The van der Waals surface area contributed by atoms with Gasteiger partial charge in [-0.05, 0) is 51.3 Å². The lowest BCUT2D eigenvalue weighted by Crippen LogP contribution is -2.41. The predicted octanol–water partition coefficient (Wildman–Crippen LogP) is 3.04. The van der Waals surface area contributed by atoms with E-state index in [1.807, 2.05) is 45.9 Å². The first-order valence-corrected chi connectivity index (χ1v) is 7.02. The van der Waals surface area contributed by atoms with Gasteiger partial charge < -0.3 is 15.8 Å². The molecule has 3 N–H and O–H groups in total. The van der Waals surface area contributed by atoms with Crippen molar-refractivity contribution in [2.24, 2.45) is 5.73 Å². The molecular weight excluding hydrogens is 276 g/mol. The third kappa shape index (κ3) is 6.26. The average Bonchev–Trinajstić information content (AvgIpc) is 2.28. The van der Waals surface area contributed by atoms with Crippen LogP contribution in [0.25, 0.3) is 0 Å². The molecule has 4 nitrogen and oxygen atoms in total. The molecule has 0 spiro atoms. The largest absolute Gasteiger partial charge is 0.444 e. The van der Waals surface area contributed by atoms with Crippen LogP contribution in [0.1, 0.15) is 31.9 Å². The second-order valence-corrected chi connectivity index (χ2v) is 6.35. The van der Waals surface area contributed by atoms with Crippen LogP contribution in [0.4, 0.5) is 4.79 Å². The maximum absolute atomic E-state index is 11.5. The van der Waals surface area contributed by atoms with Gasteiger partial charge in [-0.1, -0.05) is 23.7 Å². The summed E-state index contributed by atoms with van der Waals surface area (Å²) in [4.78, 5) is 11.5. The molecule has 0 aliphatic rings. The van der Waals surface area contributed by atoms with Gasteiger partial charge in [-0.2, -0.15) is 0 Å². The molecule has 0 radical (unpaired) electrons. The van der Waals surface area contributed by atoms with Gasteiger partial charge in [0.2, 0.25) is 0 Å². The molecule has 1 aromatic carbocycles. The molecule has 1 aromatic rings. The quantitative estimate of drug-likeness (QED) is 0.898. The number of aryl methyl sites for hydroxylation is 1. The van der Waals surface area contributed by atoms with Gasteiger partial charge in [-0.25, -0.2) is 4.79 Å². The number of carbonyl (C=O) groups is 1. The second kappa shape index (κ2) is 6.95. The Labute approximate surface area is 125 Å². The molecule has 0 fully saturated rings. The molecule has 1 rings (SSSR count). The van der Waals surface area contributed by atoms with Crippen molar-refractivity contribution in [2.75, 3.05) is 6.54 Å². The second-order valence-electron chi connectivity index (χ2n) is 5.94. The highest BCUT2D eigenvalue weighted by Gasteiger charge is 2.16. The number of hydrogen-bond acceptors (Lipinski definition) is 3. The van der Waals surface area contributed by atoms with E-state index < -0.39 is 11.7 Å². The van der Waals surface area contributed by atoms with E-state index in [4.69, 9.17) is 22.1 Å². The van der Waals surface area contributed by atoms with Crippen molar-refractivity contribution < 1.29 is 9.53 Å². The minimum Gasteiger partial charge on any atom is -0.444 e. The molecule has 0 heterocycles. The number of ether oxygens (including phenoxy) is 1. The van der Waals surface area contributed by atoms with Gasteiger partial charge in [0, 0.05) is 17.6 Å². The van der Waals surface area contributed by atoms with E-state index in [1.165, 1.54) is 0 Å². The molecular formula is C15H23ClN2O2. The molecule has 1 amide bonds. The highest BCUT2D eigenvalue weighted by atomic mass is 35.5. The maximum atomic E-state index is 11.5. The standard InChI is InChI=1S/C15H23ClN2O2/c1-10-5-6-11(13(16)7-10)8-12(17)9-18-14(19)20-15(2,3)4/h5-7,12H,8-9,17H2,1-4H3,(H,18,19). The zero-order valence-electron chi connectivity index (χ0n) is 12.5. The smallest absolute Gasteiger partial charge is 0.407 e. The number of carbonyl (C=O) groups excluding carboxylic acids is 1. The Morgan fingerprint density at radius 3 is 2.65 bits per heavy atom. The molecule has 5 heteroatoms. The minimum atomic E-state index is -0.506. The maximum Gasteiger partial charge on any atom is 0.407 e. The van der Waals surface area contributed by atoms with Crippen LogP contribution in [0.3, 0.4) is 0 Å². The van der Waals surface area contributed by atoms with Gasteiger partial charge >= 0.3 is 6.09 Å². The third-order valence-electron chi connectivity index (χ3n) is 2.60. The third-order valence-corrected chi connectivity index (χ3v) is 2.95. The van der Waals surface area contributed by atoms with Crippen LogP contribution in [-0.2, 0) is 11.2 Å². The van der Waals surface area contributed by atoms with Crippen molar-refractivity contribution in [2.45, 2.75) is 45.8 Å². The van der Waals surface area contributed by atoms with E-state index >= 15 is 0 Å². The van der Waals surface area contributed by atoms with Crippen molar-refractivity contribution in [3.8, 4) is 0 Å². The summed E-state index contributed by atoms with van der Waals surface area (Å²) in [6, 6.07) is 5.66. The molecule has 0 aliphatic carbocycles.